The number of rotatable bonds is 5. The van der Waals surface area contributed by atoms with Crippen molar-refractivity contribution in [2.45, 2.75) is 25.3 Å². The first-order valence-electron chi connectivity index (χ1n) is 7.83. The molecule has 0 amide bonds. The molecule has 1 heterocycles. The fourth-order valence-electron chi connectivity index (χ4n) is 2.67. The van der Waals surface area contributed by atoms with Gasteiger partial charge in [0.1, 0.15) is 0 Å². The molecule has 0 atom stereocenters. The number of halogens is 1. The smallest absolute Gasteiger partial charge is 0.263 e. The second-order valence-electron chi connectivity index (χ2n) is 5.55. The average molecular weight is 376 g/mol. The first-order chi connectivity index (χ1) is 11.9. The van der Waals surface area contributed by atoms with Crippen molar-refractivity contribution in [3.05, 3.63) is 65.3 Å². The van der Waals surface area contributed by atoms with E-state index in [0.29, 0.717) is 17.4 Å². The van der Waals surface area contributed by atoms with Gasteiger partial charge in [0.25, 0.3) is 10.0 Å². The number of benzene rings is 2. The van der Waals surface area contributed by atoms with Gasteiger partial charge >= 0.3 is 0 Å². The summed E-state index contributed by atoms with van der Waals surface area (Å²) >= 11 is 5.97. The highest BCUT2D eigenvalue weighted by Gasteiger charge is 2.21. The zero-order chi connectivity index (χ0) is 18.0. The van der Waals surface area contributed by atoms with Gasteiger partial charge in [-0.15, -0.1) is 0 Å². The van der Waals surface area contributed by atoms with E-state index in [2.05, 4.69) is 9.82 Å². The third kappa shape index (κ3) is 3.55. The maximum Gasteiger partial charge on any atom is 0.263 e. The van der Waals surface area contributed by atoms with Crippen molar-refractivity contribution in [1.29, 1.82) is 0 Å². The maximum absolute atomic E-state index is 12.7. The van der Waals surface area contributed by atoms with Crippen molar-refractivity contribution in [1.82, 2.24) is 9.78 Å². The summed E-state index contributed by atoms with van der Waals surface area (Å²) in [4.78, 5) is 0.195. The molecule has 0 bridgehead atoms. The summed E-state index contributed by atoms with van der Waals surface area (Å²) in [5.41, 5.74) is 2.49. The first-order valence-corrected chi connectivity index (χ1v) is 9.69. The number of hydrogen-bond donors (Lipinski definition) is 1. The standard InChI is InChI=1S/C18H18ClN3O2S/c1-3-22-13(2)17(14-9-11-15(19)12-10-14)18(20-22)21-25(23,24)16-7-5-4-6-8-16/h4-12H,3H2,1-2H3,(H,20,21). The lowest BCUT2D eigenvalue weighted by molar-refractivity contribution is 0.600. The van der Waals surface area contributed by atoms with Crippen molar-refractivity contribution >= 4 is 27.4 Å². The van der Waals surface area contributed by atoms with Gasteiger partial charge in [-0.1, -0.05) is 41.9 Å². The van der Waals surface area contributed by atoms with E-state index in [1.54, 1.807) is 47.1 Å². The third-order valence-corrected chi connectivity index (χ3v) is 5.53. The van der Waals surface area contributed by atoms with Crippen molar-refractivity contribution < 1.29 is 8.42 Å². The minimum absolute atomic E-state index is 0.195. The fraction of sp³-hybridized carbons (Fsp3) is 0.167. The second-order valence-corrected chi connectivity index (χ2v) is 7.67. The zero-order valence-electron chi connectivity index (χ0n) is 13.9. The van der Waals surface area contributed by atoms with E-state index >= 15 is 0 Å². The molecule has 3 rings (SSSR count). The molecule has 5 nitrogen and oxygen atoms in total. The lowest BCUT2D eigenvalue weighted by Gasteiger charge is -2.08. The van der Waals surface area contributed by atoms with Crippen LogP contribution in [0.3, 0.4) is 0 Å². The minimum atomic E-state index is -3.72. The van der Waals surface area contributed by atoms with Crippen LogP contribution in [0, 0.1) is 6.92 Å². The van der Waals surface area contributed by atoms with Gasteiger partial charge in [0, 0.05) is 22.8 Å². The van der Waals surface area contributed by atoms with Crippen molar-refractivity contribution in [2.75, 3.05) is 4.72 Å². The summed E-state index contributed by atoms with van der Waals surface area (Å²) in [6.45, 7) is 4.52. The Morgan fingerprint density at radius 2 is 1.72 bits per heavy atom. The molecular weight excluding hydrogens is 358 g/mol. The molecule has 2 aromatic carbocycles. The first kappa shape index (κ1) is 17.5. The molecular formula is C18H18ClN3O2S. The number of aryl methyl sites for hydroxylation is 1. The monoisotopic (exact) mass is 375 g/mol. The highest BCUT2D eigenvalue weighted by atomic mass is 35.5. The Kier molecular flexibility index (Phi) is 4.83. The van der Waals surface area contributed by atoms with Gasteiger partial charge in [-0.3, -0.25) is 9.40 Å². The molecule has 0 saturated carbocycles. The van der Waals surface area contributed by atoms with Crippen molar-refractivity contribution in [3.63, 3.8) is 0 Å². The van der Waals surface area contributed by atoms with Crippen LogP contribution < -0.4 is 4.72 Å². The van der Waals surface area contributed by atoms with Crippen LogP contribution in [-0.4, -0.2) is 18.2 Å². The van der Waals surface area contributed by atoms with Crippen LogP contribution >= 0.6 is 11.6 Å². The average Bonchev–Trinajstić information content (AvgIpc) is 2.91. The maximum atomic E-state index is 12.7. The molecule has 0 aliphatic heterocycles. The lowest BCUT2D eigenvalue weighted by atomic mass is 10.1. The third-order valence-electron chi connectivity index (χ3n) is 3.92. The molecule has 0 spiro atoms. The summed E-state index contributed by atoms with van der Waals surface area (Å²) in [5.74, 6) is 0.311. The molecule has 0 saturated heterocycles. The number of anilines is 1. The number of sulfonamides is 1. The Hall–Kier alpha value is -2.31. The van der Waals surface area contributed by atoms with Crippen LogP contribution in [0.5, 0.6) is 0 Å². The van der Waals surface area contributed by atoms with Gasteiger partial charge in [-0.25, -0.2) is 8.42 Å². The van der Waals surface area contributed by atoms with Crippen LogP contribution in [0.25, 0.3) is 11.1 Å². The number of nitrogens with zero attached hydrogens (tertiary/aromatic N) is 2. The zero-order valence-corrected chi connectivity index (χ0v) is 15.5. The molecule has 25 heavy (non-hydrogen) atoms. The summed E-state index contributed by atoms with van der Waals surface area (Å²) in [7, 11) is -3.72. The van der Waals surface area contributed by atoms with Crippen LogP contribution in [0.2, 0.25) is 5.02 Å². The van der Waals surface area contributed by atoms with Gasteiger partial charge in [0.15, 0.2) is 5.82 Å². The van der Waals surface area contributed by atoms with Crippen molar-refractivity contribution in [2.24, 2.45) is 0 Å². The summed E-state index contributed by atoms with van der Waals surface area (Å²) in [6.07, 6.45) is 0. The largest absolute Gasteiger partial charge is 0.267 e. The topological polar surface area (TPSA) is 64.0 Å². The molecule has 0 unspecified atom stereocenters. The van der Waals surface area contributed by atoms with Gasteiger partial charge in [0.2, 0.25) is 0 Å². The molecule has 0 aliphatic carbocycles. The van der Waals surface area contributed by atoms with Crippen molar-refractivity contribution in [3.8, 4) is 11.1 Å². The SMILES string of the molecule is CCn1nc(NS(=O)(=O)c2ccccc2)c(-c2ccc(Cl)cc2)c1C. The van der Waals surface area contributed by atoms with E-state index in [1.165, 1.54) is 0 Å². The van der Waals surface area contributed by atoms with E-state index in [-0.39, 0.29) is 4.90 Å². The summed E-state index contributed by atoms with van der Waals surface area (Å²) in [6, 6.07) is 15.5. The fourth-order valence-corrected chi connectivity index (χ4v) is 3.83. The highest BCUT2D eigenvalue weighted by Crippen LogP contribution is 2.33. The predicted octanol–water partition coefficient (Wildman–Crippen LogP) is 4.33. The van der Waals surface area contributed by atoms with E-state index in [1.807, 2.05) is 26.0 Å². The van der Waals surface area contributed by atoms with Crippen LogP contribution in [0.1, 0.15) is 12.6 Å². The van der Waals surface area contributed by atoms with Gasteiger partial charge < -0.3 is 0 Å². The Morgan fingerprint density at radius 3 is 2.32 bits per heavy atom. The highest BCUT2D eigenvalue weighted by molar-refractivity contribution is 7.92. The molecule has 7 heteroatoms. The Morgan fingerprint density at radius 1 is 1.08 bits per heavy atom. The van der Waals surface area contributed by atoms with E-state index < -0.39 is 10.0 Å². The number of aromatic nitrogens is 2. The summed E-state index contributed by atoms with van der Waals surface area (Å²) in [5, 5.41) is 5.05. The second kappa shape index (κ2) is 6.90. The predicted molar refractivity (Wildman–Crippen MR) is 100 cm³/mol. The van der Waals surface area contributed by atoms with Gasteiger partial charge in [-0.2, -0.15) is 5.10 Å². The molecule has 0 aliphatic rings. The van der Waals surface area contributed by atoms with E-state index in [0.717, 1.165) is 16.8 Å². The Bertz CT molecular complexity index is 981. The summed E-state index contributed by atoms with van der Waals surface area (Å²) < 4.78 is 29.7. The van der Waals surface area contributed by atoms with Crippen LogP contribution in [0.15, 0.2) is 59.5 Å². The molecule has 1 aromatic heterocycles. The number of nitrogens with one attached hydrogen (secondary N) is 1. The lowest BCUT2D eigenvalue weighted by Crippen LogP contribution is -2.14. The number of hydrogen-bond acceptors (Lipinski definition) is 3. The normalized spacial score (nSPS) is 11.5. The van der Waals surface area contributed by atoms with Crippen LogP contribution in [0.4, 0.5) is 5.82 Å². The van der Waals surface area contributed by atoms with Gasteiger partial charge in [0.05, 0.1) is 4.90 Å². The van der Waals surface area contributed by atoms with Gasteiger partial charge in [-0.05, 0) is 43.7 Å². The molecule has 1 N–H and O–H groups in total. The Balaban J connectivity index is 2.09. The van der Waals surface area contributed by atoms with E-state index in [4.69, 9.17) is 11.6 Å². The molecule has 0 fully saturated rings. The molecule has 3 aromatic rings. The minimum Gasteiger partial charge on any atom is -0.267 e. The quantitative estimate of drug-likeness (QED) is 0.721. The van der Waals surface area contributed by atoms with E-state index in [9.17, 15) is 8.42 Å². The molecule has 0 radical (unpaired) electrons. The Labute approximate surface area is 152 Å². The van der Waals surface area contributed by atoms with Crippen LogP contribution in [-0.2, 0) is 16.6 Å². The molecule has 130 valence electrons.